The van der Waals surface area contributed by atoms with E-state index in [0.29, 0.717) is 0 Å². The van der Waals surface area contributed by atoms with Gasteiger partial charge >= 0.3 is 0 Å². The Bertz CT molecular complexity index is 494. The molecule has 1 unspecified atom stereocenters. The van der Waals surface area contributed by atoms with E-state index >= 15 is 0 Å². The summed E-state index contributed by atoms with van der Waals surface area (Å²) in [7, 11) is 0. The van der Waals surface area contributed by atoms with E-state index in [4.69, 9.17) is 5.73 Å². The molecule has 2 aromatic rings. The van der Waals surface area contributed by atoms with Gasteiger partial charge in [-0.05, 0) is 42.7 Å². The monoisotopic (exact) mass is 290 g/mol. The van der Waals surface area contributed by atoms with Crippen LogP contribution in [0.25, 0.3) is 0 Å². The third kappa shape index (κ3) is 3.14. The molecule has 1 heterocycles. The second-order valence-corrected chi connectivity index (χ2v) is 5.03. The van der Waals surface area contributed by atoms with Crippen molar-refractivity contribution in [2.45, 2.75) is 19.4 Å². The van der Waals surface area contributed by atoms with Crippen molar-refractivity contribution < 1.29 is 0 Å². The van der Waals surface area contributed by atoms with Gasteiger partial charge in [0.15, 0.2) is 0 Å². The molecule has 1 atom stereocenters. The van der Waals surface area contributed by atoms with E-state index in [2.05, 4.69) is 33.0 Å². The highest BCUT2D eigenvalue weighted by Crippen LogP contribution is 2.19. The number of benzene rings is 1. The molecular formula is C14H15BrN2. The van der Waals surface area contributed by atoms with Crippen molar-refractivity contribution >= 4 is 15.9 Å². The maximum absolute atomic E-state index is 6.21. The molecule has 2 nitrogen and oxygen atoms in total. The maximum Gasteiger partial charge on any atom is 0.0420 e. The summed E-state index contributed by atoms with van der Waals surface area (Å²) in [5.41, 5.74) is 9.59. The molecule has 0 saturated carbocycles. The predicted molar refractivity (Wildman–Crippen MR) is 73.7 cm³/mol. The number of nitrogens with zero attached hydrogens (tertiary/aromatic N) is 1. The summed E-state index contributed by atoms with van der Waals surface area (Å²) in [6.07, 6.45) is 2.63. The molecular weight excluding hydrogens is 276 g/mol. The highest BCUT2D eigenvalue weighted by molar-refractivity contribution is 9.10. The lowest BCUT2D eigenvalue weighted by Crippen LogP contribution is -2.15. The van der Waals surface area contributed by atoms with Gasteiger partial charge in [0.1, 0.15) is 0 Å². The number of aryl methyl sites for hydroxylation is 1. The van der Waals surface area contributed by atoms with Crippen molar-refractivity contribution in [3.05, 3.63) is 63.9 Å². The fourth-order valence-corrected chi connectivity index (χ4v) is 2.14. The van der Waals surface area contributed by atoms with Gasteiger partial charge < -0.3 is 5.73 Å². The van der Waals surface area contributed by atoms with Crippen LogP contribution in [0, 0.1) is 6.92 Å². The summed E-state index contributed by atoms with van der Waals surface area (Å²) in [5.74, 6) is 0. The summed E-state index contributed by atoms with van der Waals surface area (Å²) < 4.78 is 1.09. The van der Waals surface area contributed by atoms with E-state index in [1.165, 1.54) is 5.56 Å². The quantitative estimate of drug-likeness (QED) is 0.941. The molecule has 0 aliphatic heterocycles. The Morgan fingerprint density at radius 3 is 2.59 bits per heavy atom. The number of nitrogens with two attached hydrogens (primary N) is 1. The Morgan fingerprint density at radius 2 is 1.94 bits per heavy atom. The van der Waals surface area contributed by atoms with Gasteiger partial charge in [-0.2, -0.15) is 0 Å². The molecule has 0 aliphatic rings. The van der Waals surface area contributed by atoms with E-state index in [-0.39, 0.29) is 6.04 Å². The zero-order valence-electron chi connectivity index (χ0n) is 9.73. The van der Waals surface area contributed by atoms with E-state index in [1.54, 1.807) is 6.20 Å². The molecule has 2 rings (SSSR count). The van der Waals surface area contributed by atoms with E-state index in [1.807, 2.05) is 31.2 Å². The lowest BCUT2D eigenvalue weighted by Gasteiger charge is -2.14. The van der Waals surface area contributed by atoms with Gasteiger partial charge in [-0.1, -0.05) is 34.1 Å². The molecule has 0 spiro atoms. The Kier molecular flexibility index (Phi) is 3.92. The molecule has 2 N–H and O–H groups in total. The van der Waals surface area contributed by atoms with Crippen LogP contribution in [0.15, 0.2) is 47.1 Å². The molecule has 17 heavy (non-hydrogen) atoms. The molecule has 0 aliphatic carbocycles. The first-order valence-electron chi connectivity index (χ1n) is 5.58. The first-order chi connectivity index (χ1) is 8.16. The minimum absolute atomic E-state index is 0.00451. The van der Waals surface area contributed by atoms with Crippen LogP contribution in [0.5, 0.6) is 0 Å². The number of hydrogen-bond acceptors (Lipinski definition) is 2. The summed E-state index contributed by atoms with van der Waals surface area (Å²) >= 11 is 3.43. The zero-order valence-corrected chi connectivity index (χ0v) is 11.3. The molecule has 88 valence electrons. The highest BCUT2D eigenvalue weighted by atomic mass is 79.9. The van der Waals surface area contributed by atoms with Gasteiger partial charge in [0.25, 0.3) is 0 Å². The number of halogens is 1. The Morgan fingerprint density at radius 1 is 1.24 bits per heavy atom. The lowest BCUT2D eigenvalue weighted by atomic mass is 9.99. The second-order valence-electron chi connectivity index (χ2n) is 4.12. The van der Waals surface area contributed by atoms with E-state index in [9.17, 15) is 0 Å². The summed E-state index contributed by atoms with van der Waals surface area (Å²) in [4.78, 5) is 4.27. The van der Waals surface area contributed by atoms with Crippen LogP contribution >= 0.6 is 15.9 Å². The highest BCUT2D eigenvalue weighted by Gasteiger charge is 2.09. The molecule has 3 heteroatoms. The molecule has 0 saturated heterocycles. The summed E-state index contributed by atoms with van der Waals surface area (Å²) in [5, 5.41) is 0. The van der Waals surface area contributed by atoms with Gasteiger partial charge in [0.05, 0.1) is 0 Å². The number of hydrogen-bond donors (Lipinski definition) is 1. The summed E-state index contributed by atoms with van der Waals surface area (Å²) in [6, 6.07) is 12.3. The molecule has 0 bridgehead atoms. The Balaban J connectivity index is 2.14. The molecule has 0 amide bonds. The largest absolute Gasteiger partial charge is 0.324 e. The van der Waals surface area contributed by atoms with Crippen LogP contribution in [-0.2, 0) is 6.42 Å². The van der Waals surface area contributed by atoms with Gasteiger partial charge in [-0.3, -0.25) is 4.98 Å². The third-order valence-corrected chi connectivity index (χ3v) is 3.34. The van der Waals surface area contributed by atoms with Crippen molar-refractivity contribution in [1.29, 1.82) is 0 Å². The van der Waals surface area contributed by atoms with Crippen molar-refractivity contribution in [2.24, 2.45) is 5.73 Å². The van der Waals surface area contributed by atoms with Crippen LogP contribution in [-0.4, -0.2) is 4.98 Å². The number of aromatic nitrogens is 1. The van der Waals surface area contributed by atoms with Gasteiger partial charge in [-0.15, -0.1) is 0 Å². The molecule has 0 radical (unpaired) electrons. The van der Waals surface area contributed by atoms with E-state index < -0.39 is 0 Å². The first-order valence-corrected chi connectivity index (χ1v) is 6.37. The maximum atomic E-state index is 6.21. The van der Waals surface area contributed by atoms with Crippen LogP contribution in [0.4, 0.5) is 0 Å². The number of pyridine rings is 1. The third-order valence-electron chi connectivity index (χ3n) is 2.82. The van der Waals surface area contributed by atoms with Crippen molar-refractivity contribution in [3.63, 3.8) is 0 Å². The van der Waals surface area contributed by atoms with Crippen LogP contribution in [0.3, 0.4) is 0 Å². The van der Waals surface area contributed by atoms with Crippen molar-refractivity contribution in [2.75, 3.05) is 0 Å². The van der Waals surface area contributed by atoms with Crippen molar-refractivity contribution in [3.8, 4) is 0 Å². The average Bonchev–Trinajstić information content (AvgIpc) is 2.32. The normalized spacial score (nSPS) is 12.4. The molecule has 1 aromatic heterocycles. The first kappa shape index (κ1) is 12.3. The second kappa shape index (κ2) is 5.43. The van der Waals surface area contributed by atoms with Crippen LogP contribution in [0.2, 0.25) is 0 Å². The topological polar surface area (TPSA) is 38.9 Å². The average molecular weight is 291 g/mol. The van der Waals surface area contributed by atoms with Gasteiger partial charge in [-0.25, -0.2) is 0 Å². The van der Waals surface area contributed by atoms with Crippen LogP contribution in [0.1, 0.15) is 22.9 Å². The minimum Gasteiger partial charge on any atom is -0.324 e. The minimum atomic E-state index is 0.00451. The van der Waals surface area contributed by atoms with Gasteiger partial charge in [0, 0.05) is 22.4 Å². The smallest absolute Gasteiger partial charge is 0.0420 e. The fourth-order valence-electron chi connectivity index (χ4n) is 1.87. The number of rotatable bonds is 3. The van der Waals surface area contributed by atoms with Crippen LogP contribution < -0.4 is 5.73 Å². The SMILES string of the molecule is Cc1ncccc1C(N)Cc1ccc(Br)cc1. The Labute approximate surface area is 110 Å². The standard InChI is InChI=1S/C14H15BrN2/c1-10-13(3-2-8-17-10)14(16)9-11-4-6-12(15)7-5-11/h2-8,14H,9,16H2,1H3. The van der Waals surface area contributed by atoms with Crippen molar-refractivity contribution in [1.82, 2.24) is 4.98 Å². The van der Waals surface area contributed by atoms with E-state index in [0.717, 1.165) is 22.2 Å². The lowest BCUT2D eigenvalue weighted by molar-refractivity contribution is 0.711. The zero-order chi connectivity index (χ0) is 12.3. The molecule has 1 aromatic carbocycles. The predicted octanol–water partition coefficient (Wildman–Crippen LogP) is 3.40. The fraction of sp³-hybridized carbons (Fsp3) is 0.214. The molecule has 0 fully saturated rings. The summed E-state index contributed by atoms with van der Waals surface area (Å²) in [6.45, 7) is 2.00. The Hall–Kier alpha value is -1.19. The van der Waals surface area contributed by atoms with Gasteiger partial charge in [0.2, 0.25) is 0 Å².